The fourth-order valence-electron chi connectivity index (χ4n) is 7.96. The number of hydrogen-bond acceptors (Lipinski definition) is 2. The maximum absolute atomic E-state index is 6.63. The molecule has 2 atom stereocenters. The van der Waals surface area contributed by atoms with Crippen molar-refractivity contribution in [3.8, 4) is 17.3 Å². The number of ether oxygens (including phenoxy) is 1. The molecule has 0 saturated carbocycles. The van der Waals surface area contributed by atoms with Crippen LogP contribution in [0, 0.1) is 24.2 Å². The van der Waals surface area contributed by atoms with Crippen LogP contribution in [0.3, 0.4) is 0 Å². The molecule has 9 rings (SSSR count). The van der Waals surface area contributed by atoms with E-state index in [2.05, 4.69) is 182 Å². The third kappa shape index (κ3) is 5.12. The zero-order valence-corrected chi connectivity index (χ0v) is 33.9. The summed E-state index contributed by atoms with van der Waals surface area (Å²) in [6.45, 7) is 20.8. The monoisotopic (exact) mass is 876 g/mol. The van der Waals surface area contributed by atoms with Crippen molar-refractivity contribution < 1.29 is 25.8 Å². The van der Waals surface area contributed by atoms with Crippen molar-refractivity contribution in [2.24, 2.45) is 5.41 Å². The molecule has 0 bridgehead atoms. The number of hydrogen-bond donors (Lipinski definition) is 0. The van der Waals surface area contributed by atoms with Gasteiger partial charge in [-0.3, -0.25) is 0 Å². The van der Waals surface area contributed by atoms with Crippen LogP contribution in [-0.2, 0) is 31.9 Å². The molecule has 0 N–H and O–H groups in total. The van der Waals surface area contributed by atoms with Crippen LogP contribution in [0.4, 0.5) is 22.7 Å². The molecule has 0 radical (unpaired) electrons. The molecule has 6 heteroatoms. The van der Waals surface area contributed by atoms with E-state index < -0.39 is 0 Å². The Kier molecular flexibility index (Phi) is 8.02. The van der Waals surface area contributed by atoms with Crippen molar-refractivity contribution in [2.45, 2.75) is 66.2 Å². The Morgan fingerprint density at radius 2 is 1.34 bits per heavy atom. The fraction of sp³-hybridized carbons (Fsp3) is 0.234. The fourth-order valence-corrected chi connectivity index (χ4v) is 7.96. The third-order valence-electron chi connectivity index (χ3n) is 12.0. The second-order valence-electron chi connectivity index (χ2n) is 17.0. The smallest absolute Gasteiger partial charge is 0.225 e. The first kappa shape index (κ1) is 35.5. The van der Waals surface area contributed by atoms with Gasteiger partial charge in [-0.05, 0) is 51.0 Å². The predicted molar refractivity (Wildman–Crippen MR) is 214 cm³/mol. The SMILES string of the molecule is CC(C)(C)c1ccnc(-n2c3[c-]c(Oc4[c-]c([N+]56[CH-][N@+]5(c5cccc(C(C)(C)C(C)(C)C)c5)c5ccccc56)ccc4)ccc3c3ccccc32)c1.[Pt]. The van der Waals surface area contributed by atoms with Crippen molar-refractivity contribution >= 4 is 44.6 Å². The average Bonchev–Trinajstić information content (AvgIpc) is 3.62. The summed E-state index contributed by atoms with van der Waals surface area (Å²) in [6.07, 6.45) is 1.91. The number of rotatable bonds is 6. The van der Waals surface area contributed by atoms with Gasteiger partial charge in [-0.15, -0.1) is 29.7 Å². The van der Waals surface area contributed by atoms with E-state index in [-0.39, 0.29) is 37.3 Å². The molecule has 5 nitrogen and oxygen atoms in total. The number of pyridine rings is 1. The molecule has 2 aliphatic heterocycles. The Morgan fingerprint density at radius 3 is 2.09 bits per heavy atom. The normalized spacial score (nSPS) is 19.2. The van der Waals surface area contributed by atoms with E-state index in [0.29, 0.717) is 20.7 Å². The summed E-state index contributed by atoms with van der Waals surface area (Å²) in [5, 5.41) is 2.27. The van der Waals surface area contributed by atoms with Gasteiger partial charge in [-0.2, -0.15) is 16.7 Å². The number of quaternary nitrogens is 2. The molecule has 53 heavy (non-hydrogen) atoms. The number of aromatic nitrogens is 2. The van der Waals surface area contributed by atoms with Crippen molar-refractivity contribution in [3.05, 3.63) is 151 Å². The van der Waals surface area contributed by atoms with Gasteiger partial charge in [0.25, 0.3) is 0 Å². The molecule has 0 amide bonds. The van der Waals surface area contributed by atoms with E-state index in [1.165, 1.54) is 28.2 Å². The third-order valence-corrected chi connectivity index (χ3v) is 12.0. The van der Waals surface area contributed by atoms with Gasteiger partial charge in [-0.25, -0.2) is 9.58 Å². The van der Waals surface area contributed by atoms with Gasteiger partial charge in [0, 0.05) is 68.5 Å². The molecule has 4 heterocycles. The zero-order chi connectivity index (χ0) is 36.3. The Bertz CT molecular complexity index is 2560. The maximum Gasteiger partial charge on any atom is 0.225 e. The van der Waals surface area contributed by atoms with E-state index in [1.54, 1.807) is 0 Å². The van der Waals surface area contributed by atoms with Crippen molar-refractivity contribution in [3.63, 3.8) is 0 Å². The summed E-state index contributed by atoms with van der Waals surface area (Å²) in [5.74, 6) is 2.16. The van der Waals surface area contributed by atoms with E-state index in [4.69, 9.17) is 9.72 Å². The van der Waals surface area contributed by atoms with Crippen LogP contribution in [-0.4, -0.2) is 9.55 Å². The van der Waals surface area contributed by atoms with Gasteiger partial charge in [0.15, 0.2) is 12.4 Å². The summed E-state index contributed by atoms with van der Waals surface area (Å²) >= 11 is 0. The summed E-state index contributed by atoms with van der Waals surface area (Å²) in [5.41, 5.74) is 9.54. The van der Waals surface area contributed by atoms with Crippen molar-refractivity contribution in [2.75, 3.05) is 0 Å². The molecule has 1 fully saturated rings. The summed E-state index contributed by atoms with van der Waals surface area (Å²) in [6, 6.07) is 48.4. The summed E-state index contributed by atoms with van der Waals surface area (Å²) in [4.78, 5) is 4.84. The Morgan fingerprint density at radius 1 is 0.642 bits per heavy atom. The zero-order valence-electron chi connectivity index (χ0n) is 31.6. The molecular weight excluding hydrogens is 832 g/mol. The van der Waals surface area contributed by atoms with Gasteiger partial charge < -0.3 is 9.30 Å². The number of fused-ring (bicyclic) bond motifs is 7. The standard InChI is InChI=1S/C47H45N4O.Pt/c1-45(2,3)32-25-26-48-44(28-32)49-40-20-10-9-19-38(40)39-24-23-37(30-41(39)49)52-36-18-14-17-35(29-36)51-31-50(51,42-21-11-12-22-43(42)51)34-16-13-15-33(27-34)47(7,8)46(4,5)6;/h9-28,31H,1-8H3;/q-1;/t50-,51?;/m0./s1. The minimum Gasteiger partial charge on any atom is -0.509 e. The topological polar surface area (TPSA) is 27.1 Å². The minimum absolute atomic E-state index is 0. The number of benzene rings is 5. The van der Waals surface area contributed by atoms with E-state index in [1.807, 2.05) is 18.3 Å². The quantitative estimate of drug-likeness (QED) is 0.0945. The first-order valence-corrected chi connectivity index (χ1v) is 18.3. The molecule has 2 aromatic heterocycles. The molecule has 270 valence electrons. The van der Waals surface area contributed by atoms with Crippen LogP contribution < -0.4 is 13.9 Å². The Balaban J connectivity index is 0.00000400. The van der Waals surface area contributed by atoms with E-state index >= 15 is 0 Å². The van der Waals surface area contributed by atoms with E-state index in [0.717, 1.165) is 33.3 Å². The maximum atomic E-state index is 6.63. The van der Waals surface area contributed by atoms with Gasteiger partial charge in [0.2, 0.25) is 11.4 Å². The van der Waals surface area contributed by atoms with Gasteiger partial charge >= 0.3 is 0 Å². The summed E-state index contributed by atoms with van der Waals surface area (Å²) in [7, 11) is 0. The van der Waals surface area contributed by atoms with Gasteiger partial charge in [0.05, 0.1) is 5.69 Å². The van der Waals surface area contributed by atoms with Crippen LogP contribution >= 0.6 is 0 Å². The Hall–Kier alpha value is -4.54. The second kappa shape index (κ2) is 12.0. The molecule has 0 spiro atoms. The van der Waals surface area contributed by atoms with Gasteiger partial charge in [0.1, 0.15) is 5.82 Å². The first-order chi connectivity index (χ1) is 24.8. The van der Waals surface area contributed by atoms with Crippen LogP contribution in [0.1, 0.15) is 66.5 Å². The van der Waals surface area contributed by atoms with Crippen molar-refractivity contribution in [1.29, 1.82) is 0 Å². The predicted octanol–water partition coefficient (Wildman–Crippen LogP) is 12.5. The van der Waals surface area contributed by atoms with Crippen LogP contribution in [0.25, 0.3) is 27.6 Å². The second-order valence-corrected chi connectivity index (χ2v) is 17.0. The molecule has 5 aromatic carbocycles. The van der Waals surface area contributed by atoms with E-state index in [9.17, 15) is 0 Å². The molecule has 1 unspecified atom stereocenters. The average molecular weight is 877 g/mol. The largest absolute Gasteiger partial charge is 0.509 e. The first-order valence-electron chi connectivity index (χ1n) is 18.3. The molecular formula is C47H45N4OPt-. The summed E-state index contributed by atoms with van der Waals surface area (Å²) < 4.78 is 10.0. The minimum atomic E-state index is -0.00791. The molecule has 1 saturated heterocycles. The number of nitrogens with zero attached hydrogens (tertiary/aromatic N) is 4. The van der Waals surface area contributed by atoms with Crippen molar-refractivity contribution in [1.82, 2.24) is 18.7 Å². The van der Waals surface area contributed by atoms with Crippen LogP contribution in [0.15, 0.2) is 121 Å². The number of para-hydroxylation sites is 3. The molecule has 7 aromatic rings. The van der Waals surface area contributed by atoms with Gasteiger partial charge in [-0.1, -0.05) is 109 Å². The van der Waals surface area contributed by atoms with Crippen LogP contribution in [0.2, 0.25) is 0 Å². The molecule has 2 aliphatic rings. The van der Waals surface area contributed by atoms with Crippen LogP contribution in [0.5, 0.6) is 11.5 Å². The molecule has 0 aliphatic carbocycles. The Labute approximate surface area is 327 Å².